The fraction of sp³-hybridized carbons (Fsp3) is 0.312. The summed E-state index contributed by atoms with van der Waals surface area (Å²) in [6.45, 7) is 5.34. The molecule has 0 aliphatic rings. The molecule has 4 nitrogen and oxygen atoms in total. The highest BCUT2D eigenvalue weighted by atomic mass is 16.3. The Morgan fingerprint density at radius 2 is 1.90 bits per heavy atom. The standard InChI is InChI=1S/C16H20N2O2/c1-11(2)17-9-10-18-16(20)14-8-7-12-5-3-4-6-13(12)15(14)19/h3-8,11,17,19H,9-10H2,1-2H3,(H,18,20). The minimum absolute atomic E-state index is 0.0393. The number of rotatable bonds is 5. The molecule has 0 aromatic heterocycles. The lowest BCUT2D eigenvalue weighted by Gasteiger charge is -2.11. The second-order valence-electron chi connectivity index (χ2n) is 5.05. The molecule has 1 amide bonds. The van der Waals surface area contributed by atoms with Gasteiger partial charge < -0.3 is 15.7 Å². The van der Waals surface area contributed by atoms with Crippen molar-refractivity contribution in [1.29, 1.82) is 0 Å². The monoisotopic (exact) mass is 272 g/mol. The van der Waals surface area contributed by atoms with Gasteiger partial charge in [0.1, 0.15) is 5.75 Å². The van der Waals surface area contributed by atoms with Crippen LogP contribution in [0.4, 0.5) is 0 Å². The molecule has 2 aromatic rings. The molecule has 0 saturated heterocycles. The van der Waals surface area contributed by atoms with Crippen LogP contribution in [0.5, 0.6) is 5.75 Å². The van der Waals surface area contributed by atoms with Gasteiger partial charge in [0, 0.05) is 24.5 Å². The van der Waals surface area contributed by atoms with Crippen molar-refractivity contribution in [2.45, 2.75) is 19.9 Å². The molecule has 0 aliphatic carbocycles. The van der Waals surface area contributed by atoms with Crippen molar-refractivity contribution in [2.75, 3.05) is 13.1 Å². The molecule has 0 spiro atoms. The topological polar surface area (TPSA) is 61.4 Å². The number of carbonyl (C=O) groups is 1. The van der Waals surface area contributed by atoms with Gasteiger partial charge in [-0.25, -0.2) is 0 Å². The summed E-state index contributed by atoms with van der Waals surface area (Å²) >= 11 is 0. The molecule has 0 bridgehead atoms. The van der Waals surface area contributed by atoms with Crippen LogP contribution in [-0.2, 0) is 0 Å². The third-order valence-electron chi connectivity index (χ3n) is 3.11. The average Bonchev–Trinajstić information content (AvgIpc) is 2.44. The maximum absolute atomic E-state index is 12.1. The van der Waals surface area contributed by atoms with Gasteiger partial charge in [-0.05, 0) is 11.5 Å². The number of phenols is 1. The molecular weight excluding hydrogens is 252 g/mol. The van der Waals surface area contributed by atoms with Gasteiger partial charge in [-0.1, -0.05) is 44.2 Å². The quantitative estimate of drug-likeness (QED) is 0.732. The minimum atomic E-state index is -0.251. The molecule has 2 aromatic carbocycles. The second-order valence-corrected chi connectivity index (χ2v) is 5.05. The van der Waals surface area contributed by atoms with Crippen LogP contribution in [0.3, 0.4) is 0 Å². The number of carbonyl (C=O) groups excluding carboxylic acids is 1. The Balaban J connectivity index is 2.08. The number of hydrogen-bond donors (Lipinski definition) is 3. The molecule has 3 N–H and O–H groups in total. The summed E-state index contributed by atoms with van der Waals surface area (Å²) in [6, 6.07) is 11.3. The van der Waals surface area contributed by atoms with Gasteiger partial charge >= 0.3 is 0 Å². The van der Waals surface area contributed by atoms with Crippen LogP contribution in [0, 0.1) is 0 Å². The molecule has 0 fully saturated rings. The molecule has 2 rings (SSSR count). The van der Waals surface area contributed by atoms with Crippen molar-refractivity contribution >= 4 is 16.7 Å². The van der Waals surface area contributed by atoms with E-state index in [1.54, 1.807) is 6.07 Å². The molecule has 0 heterocycles. The average molecular weight is 272 g/mol. The van der Waals surface area contributed by atoms with E-state index in [1.807, 2.05) is 30.3 Å². The van der Waals surface area contributed by atoms with E-state index in [-0.39, 0.29) is 11.7 Å². The van der Waals surface area contributed by atoms with Crippen molar-refractivity contribution in [3.05, 3.63) is 42.0 Å². The number of hydrogen-bond acceptors (Lipinski definition) is 3. The molecule has 0 saturated carbocycles. The summed E-state index contributed by atoms with van der Waals surface area (Å²) in [5.41, 5.74) is 0.313. The Kier molecular flexibility index (Phi) is 4.58. The normalized spacial score (nSPS) is 10.9. The molecule has 0 radical (unpaired) electrons. The zero-order valence-corrected chi connectivity index (χ0v) is 11.8. The first-order chi connectivity index (χ1) is 9.59. The van der Waals surface area contributed by atoms with E-state index in [1.165, 1.54) is 0 Å². The molecule has 4 heteroatoms. The molecule has 0 atom stereocenters. The fourth-order valence-electron chi connectivity index (χ4n) is 2.07. The first-order valence-corrected chi connectivity index (χ1v) is 6.82. The highest BCUT2D eigenvalue weighted by Gasteiger charge is 2.12. The third-order valence-corrected chi connectivity index (χ3v) is 3.11. The van der Waals surface area contributed by atoms with Gasteiger partial charge in [-0.3, -0.25) is 4.79 Å². The van der Waals surface area contributed by atoms with Gasteiger partial charge in [0.15, 0.2) is 0 Å². The van der Waals surface area contributed by atoms with Crippen LogP contribution >= 0.6 is 0 Å². The van der Waals surface area contributed by atoms with E-state index in [4.69, 9.17) is 0 Å². The Morgan fingerprint density at radius 3 is 2.65 bits per heavy atom. The van der Waals surface area contributed by atoms with Crippen molar-refractivity contribution in [1.82, 2.24) is 10.6 Å². The van der Waals surface area contributed by atoms with E-state index < -0.39 is 0 Å². The maximum atomic E-state index is 12.1. The van der Waals surface area contributed by atoms with E-state index >= 15 is 0 Å². The lowest BCUT2D eigenvalue weighted by atomic mass is 10.0. The number of aromatic hydroxyl groups is 1. The zero-order chi connectivity index (χ0) is 14.5. The lowest BCUT2D eigenvalue weighted by Crippen LogP contribution is -2.34. The molecule has 20 heavy (non-hydrogen) atoms. The van der Waals surface area contributed by atoms with Crippen LogP contribution in [0.25, 0.3) is 10.8 Å². The van der Waals surface area contributed by atoms with Gasteiger partial charge in [-0.15, -0.1) is 0 Å². The molecule has 106 valence electrons. The number of nitrogens with one attached hydrogen (secondary N) is 2. The Labute approximate surface area is 118 Å². The summed E-state index contributed by atoms with van der Waals surface area (Å²) in [5.74, 6) is -0.212. The predicted molar refractivity (Wildman–Crippen MR) is 81.1 cm³/mol. The van der Waals surface area contributed by atoms with Crippen LogP contribution in [0.15, 0.2) is 36.4 Å². The predicted octanol–water partition coefficient (Wildman–Crippen LogP) is 2.27. The van der Waals surface area contributed by atoms with Crippen LogP contribution in [0.1, 0.15) is 24.2 Å². The van der Waals surface area contributed by atoms with Crippen molar-refractivity contribution in [3.63, 3.8) is 0 Å². The van der Waals surface area contributed by atoms with Crippen LogP contribution in [0.2, 0.25) is 0 Å². The largest absolute Gasteiger partial charge is 0.506 e. The summed E-state index contributed by atoms with van der Waals surface area (Å²) < 4.78 is 0. The first kappa shape index (κ1) is 14.3. The first-order valence-electron chi connectivity index (χ1n) is 6.82. The lowest BCUT2D eigenvalue weighted by molar-refractivity contribution is 0.0951. The van der Waals surface area contributed by atoms with Gasteiger partial charge in [0.05, 0.1) is 5.56 Å². The van der Waals surface area contributed by atoms with E-state index in [0.29, 0.717) is 30.1 Å². The Hall–Kier alpha value is -2.07. The van der Waals surface area contributed by atoms with Crippen molar-refractivity contribution in [3.8, 4) is 5.75 Å². The second kappa shape index (κ2) is 6.39. The summed E-state index contributed by atoms with van der Waals surface area (Å²) in [5, 5.41) is 17.8. The number of benzene rings is 2. The SMILES string of the molecule is CC(C)NCCNC(=O)c1ccc2ccccc2c1O. The fourth-order valence-corrected chi connectivity index (χ4v) is 2.07. The minimum Gasteiger partial charge on any atom is -0.506 e. The highest BCUT2D eigenvalue weighted by molar-refractivity contribution is 6.03. The van der Waals surface area contributed by atoms with Crippen molar-refractivity contribution < 1.29 is 9.90 Å². The maximum Gasteiger partial charge on any atom is 0.255 e. The molecule has 0 unspecified atom stereocenters. The number of amides is 1. The van der Waals surface area contributed by atoms with Crippen LogP contribution in [-0.4, -0.2) is 30.1 Å². The van der Waals surface area contributed by atoms with Gasteiger partial charge in [0.2, 0.25) is 0 Å². The summed E-state index contributed by atoms with van der Waals surface area (Å²) in [4.78, 5) is 12.1. The Morgan fingerprint density at radius 1 is 1.15 bits per heavy atom. The number of fused-ring (bicyclic) bond motifs is 1. The molecule has 0 aliphatic heterocycles. The van der Waals surface area contributed by atoms with Crippen molar-refractivity contribution in [2.24, 2.45) is 0 Å². The Bertz CT molecular complexity index is 608. The third kappa shape index (κ3) is 3.27. The smallest absolute Gasteiger partial charge is 0.255 e. The van der Waals surface area contributed by atoms with Crippen LogP contribution < -0.4 is 10.6 Å². The zero-order valence-electron chi connectivity index (χ0n) is 11.8. The van der Waals surface area contributed by atoms with Gasteiger partial charge in [-0.2, -0.15) is 0 Å². The summed E-state index contributed by atoms with van der Waals surface area (Å²) in [6.07, 6.45) is 0. The van der Waals surface area contributed by atoms with Gasteiger partial charge in [0.25, 0.3) is 5.91 Å². The number of phenolic OH excluding ortho intramolecular Hbond substituents is 1. The van der Waals surface area contributed by atoms with E-state index in [9.17, 15) is 9.90 Å². The highest BCUT2D eigenvalue weighted by Crippen LogP contribution is 2.28. The summed E-state index contributed by atoms with van der Waals surface area (Å²) in [7, 11) is 0. The van der Waals surface area contributed by atoms with E-state index in [2.05, 4.69) is 24.5 Å². The van der Waals surface area contributed by atoms with E-state index in [0.717, 1.165) is 5.39 Å². The molecular formula is C16H20N2O2.